The van der Waals surface area contributed by atoms with Gasteiger partial charge in [0.2, 0.25) is 0 Å². The zero-order valence-electron chi connectivity index (χ0n) is 14.3. The number of aromatic nitrogens is 1. The number of aromatic amines is 1. The van der Waals surface area contributed by atoms with Crippen molar-refractivity contribution in [3.63, 3.8) is 0 Å². The van der Waals surface area contributed by atoms with Crippen molar-refractivity contribution in [1.29, 1.82) is 0 Å². The number of H-pyrrole nitrogens is 1. The number of aryl methyl sites for hydroxylation is 1. The summed E-state index contributed by atoms with van der Waals surface area (Å²) in [4.78, 5) is 15.5. The number of amides is 1. The highest BCUT2D eigenvalue weighted by Gasteiger charge is 2.15. The minimum atomic E-state index is -0.567. The van der Waals surface area contributed by atoms with E-state index in [1.165, 1.54) is 10.9 Å². The molecule has 0 aliphatic carbocycles. The first-order valence-electron chi connectivity index (χ1n) is 8.30. The van der Waals surface area contributed by atoms with Gasteiger partial charge in [-0.3, -0.25) is 4.79 Å². The van der Waals surface area contributed by atoms with Gasteiger partial charge in [-0.25, -0.2) is 0 Å². The van der Waals surface area contributed by atoms with E-state index in [2.05, 4.69) is 16.4 Å². The Morgan fingerprint density at radius 1 is 1.28 bits per heavy atom. The van der Waals surface area contributed by atoms with Crippen LogP contribution in [0.4, 0.5) is 0 Å². The summed E-state index contributed by atoms with van der Waals surface area (Å²) in [6.07, 6.45) is 2.19. The summed E-state index contributed by atoms with van der Waals surface area (Å²) in [7, 11) is 0. The van der Waals surface area contributed by atoms with Crippen molar-refractivity contribution in [2.45, 2.75) is 26.4 Å². The quantitative estimate of drug-likeness (QED) is 0.693. The van der Waals surface area contributed by atoms with Crippen molar-refractivity contribution >= 4 is 28.4 Å². The number of hydrogen-bond acceptors (Lipinski definition) is 2. The number of carbonyl (C=O) groups is 1. The first-order valence-corrected chi connectivity index (χ1v) is 8.68. The zero-order chi connectivity index (χ0) is 17.8. The molecule has 4 nitrogen and oxygen atoms in total. The zero-order valence-corrected chi connectivity index (χ0v) is 15.1. The highest BCUT2D eigenvalue weighted by Crippen LogP contribution is 2.23. The lowest BCUT2D eigenvalue weighted by atomic mass is 10.1. The Labute approximate surface area is 152 Å². The molecule has 2 aromatic carbocycles. The molecule has 3 rings (SSSR count). The molecule has 5 heteroatoms. The van der Waals surface area contributed by atoms with Gasteiger partial charge in [0.05, 0.1) is 0 Å². The second-order valence-electron chi connectivity index (χ2n) is 6.07. The second kappa shape index (κ2) is 7.62. The summed E-state index contributed by atoms with van der Waals surface area (Å²) < 4.78 is 5.74. The largest absolute Gasteiger partial charge is 0.481 e. The van der Waals surface area contributed by atoms with Crippen LogP contribution in [0.25, 0.3) is 10.9 Å². The van der Waals surface area contributed by atoms with Gasteiger partial charge in [0.25, 0.3) is 5.91 Å². The molecule has 130 valence electrons. The Hall–Kier alpha value is -2.46. The molecule has 0 spiro atoms. The first kappa shape index (κ1) is 17.4. The Balaban J connectivity index is 1.53. The molecular weight excluding hydrogens is 336 g/mol. The molecule has 1 atom stereocenters. The van der Waals surface area contributed by atoms with Crippen molar-refractivity contribution in [2.75, 3.05) is 6.54 Å². The Morgan fingerprint density at radius 2 is 2.08 bits per heavy atom. The lowest BCUT2D eigenvalue weighted by molar-refractivity contribution is -0.127. The maximum atomic E-state index is 12.2. The van der Waals surface area contributed by atoms with Crippen LogP contribution in [-0.2, 0) is 11.2 Å². The maximum Gasteiger partial charge on any atom is 0.260 e. The summed E-state index contributed by atoms with van der Waals surface area (Å²) in [5.41, 5.74) is 3.21. The second-order valence-corrected chi connectivity index (χ2v) is 6.51. The molecule has 0 radical (unpaired) electrons. The number of halogens is 1. The van der Waals surface area contributed by atoms with E-state index in [1.807, 2.05) is 37.4 Å². The van der Waals surface area contributed by atoms with Gasteiger partial charge in [-0.15, -0.1) is 0 Å². The van der Waals surface area contributed by atoms with E-state index in [4.69, 9.17) is 16.3 Å². The molecule has 1 unspecified atom stereocenters. The van der Waals surface area contributed by atoms with Crippen LogP contribution in [0.5, 0.6) is 5.75 Å². The molecule has 1 aromatic heterocycles. The third kappa shape index (κ3) is 4.15. The van der Waals surface area contributed by atoms with Crippen molar-refractivity contribution in [1.82, 2.24) is 10.3 Å². The van der Waals surface area contributed by atoms with Crippen molar-refractivity contribution in [3.05, 3.63) is 64.8 Å². The van der Waals surface area contributed by atoms with Gasteiger partial charge in [0.15, 0.2) is 6.10 Å². The fourth-order valence-corrected chi connectivity index (χ4v) is 3.02. The standard InChI is InChI=1S/C20H21ClN2O2/c1-13-11-16(21)7-8-19(13)25-14(2)20(24)22-10-9-15-12-23-18-6-4-3-5-17(15)18/h3-8,11-12,14,23H,9-10H2,1-2H3,(H,22,24). The lowest BCUT2D eigenvalue weighted by Crippen LogP contribution is -2.37. The van der Waals surface area contributed by atoms with E-state index in [0.29, 0.717) is 17.3 Å². The number of para-hydroxylation sites is 1. The minimum absolute atomic E-state index is 0.130. The highest BCUT2D eigenvalue weighted by atomic mass is 35.5. The van der Waals surface area contributed by atoms with Crippen molar-refractivity contribution in [2.24, 2.45) is 0 Å². The Kier molecular flexibility index (Phi) is 5.29. The number of carbonyl (C=O) groups excluding carboxylic acids is 1. The van der Waals surface area contributed by atoms with Crippen LogP contribution in [0, 0.1) is 6.92 Å². The summed E-state index contributed by atoms with van der Waals surface area (Å²) in [6, 6.07) is 13.5. The number of benzene rings is 2. The van der Waals surface area contributed by atoms with Crippen LogP contribution in [0.3, 0.4) is 0 Å². The average Bonchev–Trinajstić information content (AvgIpc) is 3.00. The average molecular weight is 357 g/mol. The molecular formula is C20H21ClN2O2. The molecule has 25 heavy (non-hydrogen) atoms. The van der Waals surface area contributed by atoms with Crippen LogP contribution in [0.2, 0.25) is 5.02 Å². The fraction of sp³-hybridized carbons (Fsp3) is 0.250. The summed E-state index contributed by atoms with van der Waals surface area (Å²) >= 11 is 5.94. The van der Waals surface area contributed by atoms with E-state index in [9.17, 15) is 4.79 Å². The number of ether oxygens (including phenoxy) is 1. The topological polar surface area (TPSA) is 54.1 Å². The van der Waals surface area contributed by atoms with Gasteiger partial charge >= 0.3 is 0 Å². The fourth-order valence-electron chi connectivity index (χ4n) is 2.79. The number of nitrogens with one attached hydrogen (secondary N) is 2. The summed E-state index contributed by atoms with van der Waals surface area (Å²) in [6.45, 7) is 4.21. The van der Waals surface area contributed by atoms with Gasteiger partial charge in [-0.2, -0.15) is 0 Å². The van der Waals surface area contributed by atoms with Crippen LogP contribution in [0.1, 0.15) is 18.1 Å². The van der Waals surface area contributed by atoms with Gasteiger partial charge in [-0.05, 0) is 55.7 Å². The highest BCUT2D eigenvalue weighted by molar-refractivity contribution is 6.30. The molecule has 0 aliphatic rings. The normalized spacial score (nSPS) is 12.1. The third-order valence-electron chi connectivity index (χ3n) is 4.18. The van der Waals surface area contributed by atoms with Crippen LogP contribution >= 0.6 is 11.6 Å². The number of rotatable bonds is 6. The third-order valence-corrected chi connectivity index (χ3v) is 4.41. The molecule has 1 heterocycles. The lowest BCUT2D eigenvalue weighted by Gasteiger charge is -2.16. The summed E-state index contributed by atoms with van der Waals surface area (Å²) in [5, 5.41) is 4.78. The van der Waals surface area contributed by atoms with Gasteiger partial charge < -0.3 is 15.0 Å². The Bertz CT molecular complexity index is 888. The predicted molar refractivity (Wildman–Crippen MR) is 101 cm³/mol. The summed E-state index contributed by atoms with van der Waals surface area (Å²) in [5.74, 6) is 0.540. The van der Waals surface area contributed by atoms with E-state index in [-0.39, 0.29) is 5.91 Å². The molecule has 0 saturated carbocycles. The first-order chi connectivity index (χ1) is 12.0. The number of fused-ring (bicyclic) bond motifs is 1. The molecule has 1 amide bonds. The van der Waals surface area contributed by atoms with E-state index < -0.39 is 6.10 Å². The molecule has 3 aromatic rings. The SMILES string of the molecule is Cc1cc(Cl)ccc1OC(C)C(=O)NCCc1c[nH]c2ccccc12. The monoisotopic (exact) mass is 356 g/mol. The maximum absolute atomic E-state index is 12.2. The molecule has 2 N–H and O–H groups in total. The molecule has 0 fully saturated rings. The van der Waals surface area contributed by atoms with Gasteiger partial charge in [0.1, 0.15) is 5.75 Å². The molecule has 0 aliphatic heterocycles. The minimum Gasteiger partial charge on any atom is -0.481 e. The Morgan fingerprint density at radius 3 is 2.88 bits per heavy atom. The van der Waals surface area contributed by atoms with Crippen molar-refractivity contribution in [3.8, 4) is 5.75 Å². The van der Waals surface area contributed by atoms with E-state index >= 15 is 0 Å². The van der Waals surface area contributed by atoms with Crippen LogP contribution in [-0.4, -0.2) is 23.5 Å². The molecule has 0 saturated heterocycles. The number of hydrogen-bond donors (Lipinski definition) is 2. The smallest absolute Gasteiger partial charge is 0.260 e. The van der Waals surface area contributed by atoms with Gasteiger partial charge in [-0.1, -0.05) is 29.8 Å². The predicted octanol–water partition coefficient (Wildman–Crippen LogP) is 4.26. The van der Waals surface area contributed by atoms with E-state index in [0.717, 1.165) is 17.5 Å². The van der Waals surface area contributed by atoms with Gasteiger partial charge in [0, 0.05) is 28.7 Å². The van der Waals surface area contributed by atoms with E-state index in [1.54, 1.807) is 19.1 Å². The molecule has 0 bridgehead atoms. The van der Waals surface area contributed by atoms with Crippen molar-refractivity contribution < 1.29 is 9.53 Å². The van der Waals surface area contributed by atoms with Crippen LogP contribution < -0.4 is 10.1 Å². The van der Waals surface area contributed by atoms with Crippen LogP contribution in [0.15, 0.2) is 48.7 Å².